The Morgan fingerprint density at radius 3 is 2.53 bits per heavy atom. The molecule has 0 aliphatic carbocycles. The molecule has 15 heavy (non-hydrogen) atoms. The first-order chi connectivity index (χ1) is 7.31. The molecule has 78 valence electrons. The van der Waals surface area contributed by atoms with Crippen LogP contribution in [0.1, 0.15) is 5.69 Å². The Balaban J connectivity index is 2.36. The maximum Gasteiger partial charge on any atom is 0.115 e. The molecule has 0 unspecified atom stereocenters. The zero-order valence-corrected chi connectivity index (χ0v) is 8.43. The Morgan fingerprint density at radius 2 is 1.87 bits per heavy atom. The summed E-state index contributed by atoms with van der Waals surface area (Å²) in [6.07, 6.45) is 2.85. The van der Waals surface area contributed by atoms with Crippen LogP contribution in [0.3, 0.4) is 0 Å². The minimum atomic E-state index is 0.284. The van der Waals surface area contributed by atoms with Gasteiger partial charge in [0.1, 0.15) is 5.75 Å². The fraction of sp³-hybridized carbons (Fsp3) is 0.167. The molecule has 1 aromatic carbocycles. The molecule has 0 fully saturated rings. The highest BCUT2D eigenvalue weighted by Gasteiger charge is 2.01. The van der Waals surface area contributed by atoms with Gasteiger partial charge in [-0.3, -0.25) is 0 Å². The number of nitrogens with zero attached hydrogens (tertiary/aromatic N) is 1. The summed E-state index contributed by atoms with van der Waals surface area (Å²) in [4.78, 5) is 0. The number of phenols is 1. The molecule has 0 radical (unpaired) electrons. The zero-order valence-electron chi connectivity index (χ0n) is 8.43. The average Bonchev–Trinajstić information content (AvgIpc) is 2.68. The van der Waals surface area contributed by atoms with Crippen LogP contribution in [-0.2, 0) is 6.42 Å². The van der Waals surface area contributed by atoms with Gasteiger partial charge in [-0.1, -0.05) is 0 Å². The van der Waals surface area contributed by atoms with Crippen LogP contribution in [0.25, 0.3) is 5.69 Å². The third kappa shape index (κ3) is 2.02. The number of hydrogen-bond acceptors (Lipinski definition) is 2. The number of phenolic OH excluding ortho intramolecular Hbond substituents is 1. The lowest BCUT2D eigenvalue weighted by atomic mass is 10.2. The smallest absolute Gasteiger partial charge is 0.115 e. The molecule has 0 atom stereocenters. The summed E-state index contributed by atoms with van der Waals surface area (Å²) in [5.74, 6) is 0.284. The van der Waals surface area contributed by atoms with Crippen molar-refractivity contribution in [3.63, 3.8) is 0 Å². The van der Waals surface area contributed by atoms with Crippen LogP contribution >= 0.6 is 0 Å². The Labute approximate surface area is 88.8 Å². The highest BCUT2D eigenvalue weighted by Crippen LogP contribution is 2.16. The van der Waals surface area contributed by atoms with Crippen molar-refractivity contribution < 1.29 is 5.11 Å². The topological polar surface area (TPSA) is 51.2 Å². The van der Waals surface area contributed by atoms with Crippen LogP contribution in [0.4, 0.5) is 0 Å². The summed E-state index contributed by atoms with van der Waals surface area (Å²) in [7, 11) is 0. The summed E-state index contributed by atoms with van der Waals surface area (Å²) in [6.45, 7) is 0.641. The highest BCUT2D eigenvalue weighted by atomic mass is 16.3. The van der Waals surface area contributed by atoms with E-state index in [2.05, 4.69) is 10.6 Å². The first kappa shape index (κ1) is 9.80. The van der Waals surface area contributed by atoms with Crippen molar-refractivity contribution in [3.8, 4) is 11.4 Å². The van der Waals surface area contributed by atoms with Gasteiger partial charge < -0.3 is 15.4 Å². The van der Waals surface area contributed by atoms with E-state index in [0.29, 0.717) is 6.54 Å². The van der Waals surface area contributed by atoms with Crippen LogP contribution in [0, 0.1) is 0 Å². The Kier molecular flexibility index (Phi) is 2.74. The molecule has 0 bridgehead atoms. The summed E-state index contributed by atoms with van der Waals surface area (Å²) in [5, 5.41) is 9.20. The maximum absolute atomic E-state index is 9.20. The number of aromatic hydroxyl groups is 1. The van der Waals surface area contributed by atoms with E-state index in [1.54, 1.807) is 12.1 Å². The Hall–Kier alpha value is -1.74. The van der Waals surface area contributed by atoms with Crippen LogP contribution in [0.2, 0.25) is 0 Å². The van der Waals surface area contributed by atoms with Gasteiger partial charge in [-0.15, -0.1) is 0 Å². The van der Waals surface area contributed by atoms with Crippen molar-refractivity contribution in [2.75, 3.05) is 6.54 Å². The molecular weight excluding hydrogens is 188 g/mol. The number of rotatable bonds is 3. The van der Waals surface area contributed by atoms with Gasteiger partial charge in [0.2, 0.25) is 0 Å². The van der Waals surface area contributed by atoms with Crippen molar-refractivity contribution in [3.05, 3.63) is 48.3 Å². The Bertz CT molecular complexity index is 431. The SMILES string of the molecule is NCCc1cccn1-c1ccc(O)cc1. The van der Waals surface area contributed by atoms with E-state index in [9.17, 15) is 5.11 Å². The number of benzene rings is 1. The molecule has 0 spiro atoms. The van der Waals surface area contributed by atoms with E-state index in [1.807, 2.05) is 24.4 Å². The van der Waals surface area contributed by atoms with Gasteiger partial charge >= 0.3 is 0 Å². The molecule has 0 aliphatic heterocycles. The van der Waals surface area contributed by atoms with E-state index in [1.165, 1.54) is 5.69 Å². The molecule has 3 N–H and O–H groups in total. The van der Waals surface area contributed by atoms with Crippen molar-refractivity contribution in [2.24, 2.45) is 5.73 Å². The third-order valence-corrected chi connectivity index (χ3v) is 2.36. The lowest BCUT2D eigenvalue weighted by molar-refractivity contribution is 0.475. The zero-order chi connectivity index (χ0) is 10.7. The summed E-state index contributed by atoms with van der Waals surface area (Å²) in [6, 6.07) is 11.2. The van der Waals surface area contributed by atoms with E-state index in [0.717, 1.165) is 12.1 Å². The lowest BCUT2D eigenvalue weighted by Crippen LogP contribution is -2.07. The maximum atomic E-state index is 9.20. The summed E-state index contributed by atoms with van der Waals surface area (Å²) >= 11 is 0. The van der Waals surface area contributed by atoms with Crippen molar-refractivity contribution in [2.45, 2.75) is 6.42 Å². The normalized spacial score (nSPS) is 10.5. The minimum Gasteiger partial charge on any atom is -0.508 e. The summed E-state index contributed by atoms with van der Waals surface area (Å²) < 4.78 is 2.08. The second-order valence-corrected chi connectivity index (χ2v) is 3.42. The lowest BCUT2D eigenvalue weighted by Gasteiger charge is -2.08. The standard InChI is InChI=1S/C12H14N2O/c13-8-7-10-2-1-9-14(10)11-3-5-12(15)6-4-11/h1-6,9,15H,7-8,13H2. The van der Waals surface area contributed by atoms with Crippen molar-refractivity contribution in [1.82, 2.24) is 4.57 Å². The van der Waals surface area contributed by atoms with Gasteiger partial charge in [0, 0.05) is 24.0 Å². The van der Waals surface area contributed by atoms with Crippen LogP contribution in [-0.4, -0.2) is 16.2 Å². The largest absolute Gasteiger partial charge is 0.508 e. The molecule has 0 saturated carbocycles. The van der Waals surface area contributed by atoms with Crippen LogP contribution in [0.15, 0.2) is 42.6 Å². The van der Waals surface area contributed by atoms with E-state index in [-0.39, 0.29) is 5.75 Å². The predicted molar refractivity (Wildman–Crippen MR) is 60.2 cm³/mol. The van der Waals surface area contributed by atoms with Gasteiger partial charge in [0.15, 0.2) is 0 Å². The number of aromatic nitrogens is 1. The fourth-order valence-electron chi connectivity index (χ4n) is 1.63. The molecule has 1 heterocycles. The van der Waals surface area contributed by atoms with Gasteiger partial charge in [-0.25, -0.2) is 0 Å². The third-order valence-electron chi connectivity index (χ3n) is 2.36. The molecule has 0 amide bonds. The van der Waals surface area contributed by atoms with Gasteiger partial charge in [0.25, 0.3) is 0 Å². The second-order valence-electron chi connectivity index (χ2n) is 3.42. The first-order valence-corrected chi connectivity index (χ1v) is 4.97. The first-order valence-electron chi connectivity index (χ1n) is 4.97. The number of hydrogen-bond donors (Lipinski definition) is 2. The fourth-order valence-corrected chi connectivity index (χ4v) is 1.63. The van der Waals surface area contributed by atoms with Gasteiger partial charge in [0.05, 0.1) is 0 Å². The quantitative estimate of drug-likeness (QED) is 0.795. The molecule has 2 rings (SSSR count). The molecular formula is C12H14N2O. The summed E-state index contributed by atoms with van der Waals surface area (Å²) in [5.41, 5.74) is 7.76. The van der Waals surface area contributed by atoms with Gasteiger partial charge in [-0.05, 0) is 42.9 Å². The van der Waals surface area contributed by atoms with E-state index >= 15 is 0 Å². The van der Waals surface area contributed by atoms with Crippen molar-refractivity contribution >= 4 is 0 Å². The molecule has 0 aliphatic rings. The minimum absolute atomic E-state index is 0.284. The van der Waals surface area contributed by atoms with Crippen LogP contribution < -0.4 is 5.73 Å². The molecule has 0 saturated heterocycles. The van der Waals surface area contributed by atoms with Crippen molar-refractivity contribution in [1.29, 1.82) is 0 Å². The average molecular weight is 202 g/mol. The highest BCUT2D eigenvalue weighted by molar-refractivity contribution is 5.39. The van der Waals surface area contributed by atoms with Crippen LogP contribution in [0.5, 0.6) is 5.75 Å². The Morgan fingerprint density at radius 1 is 1.13 bits per heavy atom. The van der Waals surface area contributed by atoms with E-state index < -0.39 is 0 Å². The number of nitrogens with two attached hydrogens (primary N) is 1. The second kappa shape index (κ2) is 4.19. The predicted octanol–water partition coefficient (Wildman–Crippen LogP) is 1.68. The monoisotopic (exact) mass is 202 g/mol. The molecule has 1 aromatic heterocycles. The molecule has 2 aromatic rings. The van der Waals surface area contributed by atoms with Gasteiger partial charge in [-0.2, -0.15) is 0 Å². The van der Waals surface area contributed by atoms with E-state index in [4.69, 9.17) is 5.73 Å². The molecule has 3 nitrogen and oxygen atoms in total. The molecule has 3 heteroatoms.